The number of aryl methyl sites for hydroxylation is 2. The first kappa shape index (κ1) is 12.1. The van der Waals surface area contributed by atoms with E-state index >= 15 is 0 Å². The molecule has 0 aliphatic carbocycles. The van der Waals surface area contributed by atoms with Gasteiger partial charge in [-0.3, -0.25) is 0 Å². The van der Waals surface area contributed by atoms with Crippen LogP contribution in [0.4, 0.5) is 11.4 Å². The molecule has 1 fully saturated rings. The first-order valence-corrected chi connectivity index (χ1v) is 6.79. The van der Waals surface area contributed by atoms with Crippen LogP contribution in [0, 0.1) is 6.92 Å². The van der Waals surface area contributed by atoms with E-state index in [0.29, 0.717) is 5.92 Å². The molecule has 1 aliphatic rings. The van der Waals surface area contributed by atoms with Gasteiger partial charge in [0.15, 0.2) is 0 Å². The molecule has 1 unspecified atom stereocenters. The summed E-state index contributed by atoms with van der Waals surface area (Å²) in [6, 6.07) is 6.32. The van der Waals surface area contributed by atoms with E-state index in [1.165, 1.54) is 17.9 Å². The Bertz CT molecular complexity index is 588. The summed E-state index contributed by atoms with van der Waals surface area (Å²) in [4.78, 5) is 5.80. The molecule has 3 rings (SSSR count). The number of imidazole rings is 1. The minimum Gasteiger partial charge on any atom is -0.399 e. The Labute approximate surface area is 113 Å². The first-order chi connectivity index (χ1) is 9.15. The Morgan fingerprint density at radius 3 is 2.95 bits per heavy atom. The predicted octanol–water partition coefficient (Wildman–Crippen LogP) is 1.72. The van der Waals surface area contributed by atoms with Gasteiger partial charge < -0.3 is 10.6 Å². The largest absolute Gasteiger partial charge is 0.399 e. The van der Waals surface area contributed by atoms with Crippen LogP contribution in [0.15, 0.2) is 30.6 Å². The molecule has 0 radical (unpaired) electrons. The fourth-order valence-electron chi connectivity index (χ4n) is 2.90. The Kier molecular flexibility index (Phi) is 2.93. The number of nitrogen functional groups attached to an aromatic ring is 1. The summed E-state index contributed by atoms with van der Waals surface area (Å²) < 4.78 is 2.18. The van der Waals surface area contributed by atoms with Crippen LogP contribution < -0.4 is 15.2 Å². The summed E-state index contributed by atoms with van der Waals surface area (Å²) in [5, 5.41) is 0. The number of anilines is 2. The van der Waals surface area contributed by atoms with Gasteiger partial charge in [-0.1, -0.05) is 0 Å². The lowest BCUT2D eigenvalue weighted by molar-refractivity contribution is -0.679. The second kappa shape index (κ2) is 4.61. The van der Waals surface area contributed by atoms with Crippen LogP contribution >= 0.6 is 0 Å². The summed E-state index contributed by atoms with van der Waals surface area (Å²) in [6.45, 7) is 4.24. The molecule has 1 saturated heterocycles. The van der Waals surface area contributed by atoms with E-state index in [1.54, 1.807) is 0 Å². The molecule has 100 valence electrons. The molecule has 2 heterocycles. The quantitative estimate of drug-likeness (QED) is 0.636. The minimum absolute atomic E-state index is 0.581. The zero-order valence-corrected chi connectivity index (χ0v) is 11.6. The van der Waals surface area contributed by atoms with Crippen molar-refractivity contribution in [2.45, 2.75) is 19.3 Å². The molecule has 19 heavy (non-hydrogen) atoms. The van der Waals surface area contributed by atoms with Crippen LogP contribution in [0.1, 0.15) is 23.7 Å². The number of nitrogens with two attached hydrogens (primary N) is 1. The highest BCUT2D eigenvalue weighted by atomic mass is 15.2. The maximum absolute atomic E-state index is 5.88. The molecule has 1 aromatic carbocycles. The van der Waals surface area contributed by atoms with Gasteiger partial charge in [0, 0.05) is 24.5 Å². The van der Waals surface area contributed by atoms with E-state index < -0.39 is 0 Å². The van der Waals surface area contributed by atoms with Crippen LogP contribution in [0.3, 0.4) is 0 Å². The van der Waals surface area contributed by atoms with Crippen molar-refractivity contribution in [3.8, 4) is 0 Å². The highest BCUT2D eigenvalue weighted by Crippen LogP contribution is 2.29. The van der Waals surface area contributed by atoms with E-state index in [0.717, 1.165) is 24.3 Å². The second-order valence-electron chi connectivity index (χ2n) is 5.43. The van der Waals surface area contributed by atoms with Crippen molar-refractivity contribution >= 4 is 11.4 Å². The Morgan fingerprint density at radius 1 is 1.42 bits per heavy atom. The minimum atomic E-state index is 0.581. The molecule has 3 N–H and O–H groups in total. The van der Waals surface area contributed by atoms with Gasteiger partial charge in [0.25, 0.3) is 5.82 Å². The molecular weight excluding hydrogens is 236 g/mol. The lowest BCUT2D eigenvalue weighted by atomic mass is 10.1. The van der Waals surface area contributed by atoms with Gasteiger partial charge in [0.1, 0.15) is 12.4 Å². The average molecular weight is 257 g/mol. The molecule has 1 aromatic heterocycles. The number of nitrogens with zero attached hydrogens (tertiary/aromatic N) is 2. The standard InChI is InChI=1S/C15H20N4/c1-11-9-13(3-4-14(11)16)19-7-5-12(10-19)15-17-6-8-18(15)2/h3-4,6,8-9,12H,5,7,10,16H2,1-2H3/p+1. The monoisotopic (exact) mass is 257 g/mol. The van der Waals surface area contributed by atoms with E-state index in [-0.39, 0.29) is 0 Å². The molecule has 4 heteroatoms. The molecule has 1 aliphatic heterocycles. The van der Waals surface area contributed by atoms with Crippen molar-refractivity contribution in [3.63, 3.8) is 0 Å². The van der Waals surface area contributed by atoms with Crippen LogP contribution in [0.2, 0.25) is 0 Å². The fourth-order valence-corrected chi connectivity index (χ4v) is 2.90. The molecule has 0 bridgehead atoms. The smallest absolute Gasteiger partial charge is 0.259 e. The van der Waals surface area contributed by atoms with Gasteiger partial charge >= 0.3 is 0 Å². The number of rotatable bonds is 2. The lowest BCUT2D eigenvalue weighted by Gasteiger charge is -2.19. The zero-order chi connectivity index (χ0) is 13.4. The van der Waals surface area contributed by atoms with Crippen LogP contribution in [-0.4, -0.2) is 18.1 Å². The second-order valence-corrected chi connectivity index (χ2v) is 5.43. The molecule has 2 aromatic rings. The number of hydrogen-bond acceptors (Lipinski definition) is 2. The number of aromatic amines is 1. The predicted molar refractivity (Wildman–Crippen MR) is 77.1 cm³/mol. The summed E-state index contributed by atoms with van der Waals surface area (Å²) in [6.07, 6.45) is 5.27. The highest BCUT2D eigenvalue weighted by Gasteiger charge is 2.30. The first-order valence-electron chi connectivity index (χ1n) is 6.79. The summed E-state index contributed by atoms with van der Waals surface area (Å²) in [5.41, 5.74) is 9.20. The SMILES string of the molecule is Cc1cc(N2CCC(c3[nH]cc[n+]3C)C2)ccc1N. The lowest BCUT2D eigenvalue weighted by Crippen LogP contribution is -2.33. The van der Waals surface area contributed by atoms with Crippen molar-refractivity contribution in [3.05, 3.63) is 42.0 Å². The Morgan fingerprint density at radius 2 is 2.26 bits per heavy atom. The van der Waals surface area contributed by atoms with E-state index in [9.17, 15) is 0 Å². The highest BCUT2D eigenvalue weighted by molar-refractivity contribution is 5.58. The van der Waals surface area contributed by atoms with Gasteiger partial charge in [-0.2, -0.15) is 0 Å². The number of benzene rings is 1. The normalized spacial score (nSPS) is 19.1. The van der Waals surface area contributed by atoms with Crippen molar-refractivity contribution in [1.29, 1.82) is 0 Å². The van der Waals surface area contributed by atoms with Gasteiger partial charge in [-0.25, -0.2) is 9.55 Å². The summed E-state index contributed by atoms with van der Waals surface area (Å²) >= 11 is 0. The third-order valence-corrected chi connectivity index (χ3v) is 4.10. The van der Waals surface area contributed by atoms with Crippen molar-refractivity contribution in [2.75, 3.05) is 23.7 Å². The molecule has 0 spiro atoms. The van der Waals surface area contributed by atoms with Crippen molar-refractivity contribution in [2.24, 2.45) is 7.05 Å². The zero-order valence-electron chi connectivity index (χ0n) is 11.6. The Balaban J connectivity index is 1.79. The van der Waals surface area contributed by atoms with Crippen molar-refractivity contribution < 1.29 is 4.57 Å². The fraction of sp³-hybridized carbons (Fsp3) is 0.400. The van der Waals surface area contributed by atoms with Crippen molar-refractivity contribution in [1.82, 2.24) is 4.98 Å². The number of nitrogens with one attached hydrogen (secondary N) is 1. The van der Waals surface area contributed by atoms with Gasteiger partial charge in [-0.05, 0) is 37.1 Å². The molecule has 0 saturated carbocycles. The summed E-state index contributed by atoms with van der Waals surface area (Å²) in [5.74, 6) is 1.90. The topological polar surface area (TPSA) is 48.9 Å². The van der Waals surface area contributed by atoms with E-state index in [1.807, 2.05) is 12.3 Å². The van der Waals surface area contributed by atoms with E-state index in [2.05, 4.69) is 46.8 Å². The Hall–Kier alpha value is -1.97. The maximum Gasteiger partial charge on any atom is 0.259 e. The van der Waals surface area contributed by atoms with Gasteiger partial charge in [-0.15, -0.1) is 0 Å². The molecule has 4 nitrogen and oxygen atoms in total. The molecule has 0 amide bonds. The van der Waals surface area contributed by atoms with Crippen LogP contribution in [-0.2, 0) is 7.05 Å². The average Bonchev–Trinajstić information content (AvgIpc) is 3.01. The number of H-pyrrole nitrogens is 1. The summed E-state index contributed by atoms with van der Waals surface area (Å²) in [7, 11) is 2.10. The number of hydrogen-bond donors (Lipinski definition) is 2. The molecule has 1 atom stereocenters. The van der Waals surface area contributed by atoms with Gasteiger partial charge in [0.2, 0.25) is 0 Å². The molecular formula is C15H21N4+. The third-order valence-electron chi connectivity index (χ3n) is 4.10. The number of aromatic nitrogens is 2. The maximum atomic E-state index is 5.88. The van der Waals surface area contributed by atoms with Crippen LogP contribution in [0.25, 0.3) is 0 Å². The third kappa shape index (κ3) is 2.18. The van der Waals surface area contributed by atoms with Crippen LogP contribution in [0.5, 0.6) is 0 Å². The van der Waals surface area contributed by atoms with Gasteiger partial charge in [0.05, 0.1) is 13.0 Å². The van der Waals surface area contributed by atoms with E-state index in [4.69, 9.17) is 5.73 Å².